The van der Waals surface area contributed by atoms with Gasteiger partial charge < -0.3 is 193 Å². The van der Waals surface area contributed by atoms with Gasteiger partial charge in [0.1, 0.15) is 0 Å². The van der Waals surface area contributed by atoms with Crippen molar-refractivity contribution in [3.05, 3.63) is 0 Å². The van der Waals surface area contributed by atoms with Gasteiger partial charge in [0.25, 0.3) is 0 Å². The Morgan fingerprint density at radius 1 is 0.211 bits per heavy atom. The third-order valence-corrected chi connectivity index (χ3v) is 51.1. The summed E-state index contributed by atoms with van der Waals surface area (Å²) in [5, 5.41) is 75.4. The predicted molar refractivity (Wildman–Crippen MR) is 583 cm³/mol. The molecule has 0 aliphatic heterocycles. The Bertz CT molecular complexity index is 2600. The lowest BCUT2D eigenvalue weighted by Crippen LogP contribution is -2.48. The van der Waals surface area contributed by atoms with Crippen molar-refractivity contribution in [3.63, 3.8) is 0 Å². The molecule has 0 rings (SSSR count). The van der Waals surface area contributed by atoms with Crippen LogP contribution in [0.15, 0.2) is 0 Å². The average Bonchev–Trinajstić information content (AvgIpc) is 0.852. The molecule has 147 heavy (non-hydrogen) atoms. The third kappa shape index (κ3) is 77.5. The molecule has 0 fully saturated rings. The number of nitrogens with zero attached hydrogens (tertiary/aromatic N) is 5. The maximum Gasteiger partial charge on any atom is 0.678 e. The minimum atomic E-state index is -2.98. The summed E-state index contributed by atoms with van der Waals surface area (Å²) >= 11 is 0. The zero-order valence-corrected chi connectivity index (χ0v) is 107. The van der Waals surface area contributed by atoms with E-state index in [1.807, 2.05) is 79.0 Å². The predicted octanol–water partition coefficient (Wildman–Crippen LogP) is 5.52. The number of carbonyl (C=O) groups excluding carboxylic acids is 2. The van der Waals surface area contributed by atoms with Crippen LogP contribution in [0, 0.1) is 0 Å². The van der Waals surface area contributed by atoms with Crippen molar-refractivity contribution in [1.82, 2.24) is 29.8 Å². The van der Waals surface area contributed by atoms with Crippen LogP contribution in [0.4, 0.5) is 0 Å². The van der Waals surface area contributed by atoms with Crippen LogP contribution < -0.4 is 5.32 Å². The second-order valence-electron chi connectivity index (χ2n) is 31.6. The molecular weight excluding hydrogens is 2110 g/mol. The van der Waals surface area contributed by atoms with Gasteiger partial charge in [-0.3, -0.25) is 29.2 Å². The van der Waals surface area contributed by atoms with Gasteiger partial charge in [-0.15, -0.1) is 0 Å². The van der Waals surface area contributed by atoms with Gasteiger partial charge >= 0.3 is 94.3 Å². The summed E-state index contributed by atoms with van der Waals surface area (Å²) in [6, 6.07) is 6.44. The highest BCUT2D eigenvalue weighted by Crippen LogP contribution is 2.26. The number of esters is 1. The van der Waals surface area contributed by atoms with E-state index in [0.717, 1.165) is 140 Å². The molecular formula is C89H214N6O42Si10. The first kappa shape index (κ1) is 159. The summed E-state index contributed by atoms with van der Waals surface area (Å²) in [4.78, 5) is 32.5. The molecule has 48 nitrogen and oxygen atoms in total. The lowest BCUT2D eigenvalue weighted by Gasteiger charge is -2.29. The molecule has 9 N–H and O–H groups in total. The van der Waals surface area contributed by atoms with Crippen molar-refractivity contribution in [1.29, 1.82) is 0 Å². The van der Waals surface area contributed by atoms with Gasteiger partial charge in [0.2, 0.25) is 5.91 Å². The number of nitrogens with one attached hydrogen (secondary N) is 1. The third-order valence-electron chi connectivity index (χ3n) is 22.5. The van der Waals surface area contributed by atoms with Crippen molar-refractivity contribution in [2.45, 2.75) is 201 Å². The monoisotopic (exact) mass is 2320 g/mol. The second-order valence-corrected chi connectivity index (χ2v) is 60.8. The fourth-order valence-electron chi connectivity index (χ4n) is 14.8. The van der Waals surface area contributed by atoms with E-state index in [1.54, 1.807) is 121 Å². The van der Waals surface area contributed by atoms with E-state index < -0.39 is 88.3 Å². The Kier molecular flexibility index (Phi) is 114. The Morgan fingerprint density at radius 2 is 0.401 bits per heavy atom. The maximum absolute atomic E-state index is 11.4. The van der Waals surface area contributed by atoms with Gasteiger partial charge in [-0.2, -0.15) is 0 Å². The molecule has 0 bridgehead atoms. The van der Waals surface area contributed by atoms with Crippen LogP contribution in [-0.4, -0.2) is 545 Å². The van der Waals surface area contributed by atoms with Gasteiger partial charge in [-0.25, -0.2) is 0 Å². The Balaban J connectivity index is -0.000000314. The van der Waals surface area contributed by atoms with Crippen LogP contribution in [0.1, 0.15) is 147 Å². The van der Waals surface area contributed by atoms with Crippen LogP contribution in [0.25, 0.3) is 0 Å². The summed E-state index contributed by atoms with van der Waals surface area (Å²) < 4.78 is 175. The first-order chi connectivity index (χ1) is 70.6. The first-order valence-corrected chi connectivity index (χ1v) is 70.6. The Morgan fingerprint density at radius 3 is 0.612 bits per heavy atom. The molecule has 0 aliphatic carbocycles. The van der Waals surface area contributed by atoms with Gasteiger partial charge in [0, 0.05) is 355 Å². The molecule has 892 valence electrons. The van der Waals surface area contributed by atoms with Crippen molar-refractivity contribution >= 4 is 100 Å². The minimum Gasteiger partial charge on any atom is -0.466 e. The summed E-state index contributed by atoms with van der Waals surface area (Å²) in [6.07, 6.45) is 8.21. The zero-order chi connectivity index (χ0) is 113. The second kappa shape index (κ2) is 106. The van der Waals surface area contributed by atoms with E-state index in [2.05, 4.69) is 20.0 Å². The molecule has 0 aliphatic rings. The fraction of sp³-hybridized carbons (Fsp3) is 0.978. The molecule has 1 amide bonds. The van der Waals surface area contributed by atoms with Crippen molar-refractivity contribution in [2.24, 2.45) is 0 Å². The zero-order valence-electron chi connectivity index (χ0n) is 96.8. The number of hydrogen-bond acceptors (Lipinski definition) is 47. The standard InChI is InChI=1S/C18H44N2O8Si2.C14H35NO7Si2.C13H29NO5Si.C13H31NO5Si.C12H30O7Si2.C11H27NO5Si.C8H18O5Si/c1-23-29(24-2,25-3)17-7-9-19(13-15-21)11-12-20(14-16-22)10-8-18-30(26-4,27-5)28-6;1-17-23(18-2,19-3)13-7-9-15(11-12-16)10-8-14-24(20-4,21-5)22-6;1-4-17-20(18-5-2,19-6-3)12-8-10-14-13(16)9-7-11-15;1-4-17-20(18-5-2,19-6-3)13-7-8-14(9-11-15)10-12-16;1-7-16-20(17-8-2,18-9-3)12-10-11-19-21(13-4,14-5)15-6;1-4-17-18(15-2,16-3)11-5-6-12(7-9-13)8-10-14;1-8(9)13-6-5-7-14(10-2,11-3)12-4/h21-22H,7-18H2,1-6H3;16H,7-14H2,1-6H3;15H,4-12H2,1-3H3,(H,14,16);15-16H,4-13H2,1-3H3;7-12H2,1-6H3;13-14H,4-11H2,1-3H3;5-7H2,1-4H3. The van der Waals surface area contributed by atoms with Crippen LogP contribution in [0.3, 0.4) is 0 Å². The number of ether oxygens (including phenoxy) is 1. The van der Waals surface area contributed by atoms with E-state index in [0.29, 0.717) is 169 Å². The number of amides is 1. The quantitative estimate of drug-likeness (QED) is 0.0206. The smallest absolute Gasteiger partial charge is 0.466 e. The molecule has 0 aromatic rings. The molecule has 0 heterocycles. The molecule has 0 unspecified atom stereocenters. The summed E-state index contributed by atoms with van der Waals surface area (Å²) in [5.41, 5.74) is 0. The van der Waals surface area contributed by atoms with Crippen molar-refractivity contribution in [3.8, 4) is 0 Å². The van der Waals surface area contributed by atoms with Gasteiger partial charge in [0.15, 0.2) is 0 Å². The molecule has 58 heteroatoms. The fourth-order valence-corrected chi connectivity index (χ4v) is 34.3. The van der Waals surface area contributed by atoms with Gasteiger partial charge in [-0.05, 0) is 173 Å². The van der Waals surface area contributed by atoms with Crippen LogP contribution in [-0.2, 0) is 152 Å². The Hall–Kier alpha value is -0.651. The van der Waals surface area contributed by atoms with Crippen LogP contribution >= 0.6 is 0 Å². The largest absolute Gasteiger partial charge is 0.678 e. The molecule has 0 atom stereocenters. The minimum absolute atomic E-state index is 0.0319. The lowest BCUT2D eigenvalue weighted by atomic mass is 10.3. The van der Waals surface area contributed by atoms with Gasteiger partial charge in [0.05, 0.1) is 52.9 Å². The van der Waals surface area contributed by atoms with E-state index in [1.165, 1.54) is 28.3 Å². The first-order valence-electron chi connectivity index (χ1n) is 51.6. The van der Waals surface area contributed by atoms with E-state index >= 15 is 0 Å². The number of aliphatic hydroxyl groups excluding tert-OH is 8. The summed E-state index contributed by atoms with van der Waals surface area (Å²) in [7, 11) is 5.95. The molecule has 0 saturated carbocycles. The number of hydrogen-bond donors (Lipinski definition) is 9. The maximum atomic E-state index is 11.4. The molecule has 0 radical (unpaired) electrons. The van der Waals surface area contributed by atoms with E-state index in [4.69, 9.17) is 167 Å². The van der Waals surface area contributed by atoms with E-state index in [-0.39, 0.29) is 64.7 Å². The topological polar surface area (TPSA) is 520 Å². The highest BCUT2D eigenvalue weighted by molar-refractivity contribution is 6.63. The lowest BCUT2D eigenvalue weighted by molar-refractivity contribution is -0.141. The number of rotatable bonds is 97. The van der Waals surface area contributed by atoms with Gasteiger partial charge in [-0.1, -0.05) is 0 Å². The molecule has 0 aromatic heterocycles. The summed E-state index contributed by atoms with van der Waals surface area (Å²) in [5.74, 6) is -0.305. The van der Waals surface area contributed by atoms with Crippen LogP contribution in [0.2, 0.25) is 54.4 Å². The van der Waals surface area contributed by atoms with Crippen LogP contribution in [0.5, 0.6) is 0 Å². The average molecular weight is 2320 g/mol. The molecule has 0 aromatic carbocycles. The SMILES string of the molecule is CCO[Si](CCCN(CCO)CCO)(OC)OC.CCO[Si](CCCN(CCO)CCO)(OCC)OCC.CCO[Si](CCCNC(=O)CCCO)(OCC)OCC.CCO[Si](CCCO[Si](OC)(OC)OC)(OCC)OCC.CO[Si](CCCN(CCO)CCC[Si](OC)(OC)OC)(OC)OC.CO[Si](CCCN(CCO)CCN(CCO)CCC[Si](OC)(OC)OC)(OC)OC.CO[Si](CCCOC(C)=O)(OC)OC. The highest BCUT2D eigenvalue weighted by Gasteiger charge is 2.47. The molecule has 0 spiro atoms. The van der Waals surface area contributed by atoms with E-state index in [9.17, 15) is 24.9 Å². The number of aliphatic hydroxyl groups is 8. The molecule has 0 saturated heterocycles. The Labute approximate surface area is 897 Å². The highest BCUT2D eigenvalue weighted by atomic mass is 28.4. The van der Waals surface area contributed by atoms with Crippen molar-refractivity contribution in [2.75, 3.05) is 379 Å². The van der Waals surface area contributed by atoms with Crippen molar-refractivity contribution < 1.29 is 192 Å². The normalized spacial score (nSPS) is 12.5. The summed E-state index contributed by atoms with van der Waals surface area (Å²) in [6.45, 7) is 39.2. The number of carbonyl (C=O) groups is 2.